The van der Waals surface area contributed by atoms with Gasteiger partial charge in [0.25, 0.3) is 0 Å². The Bertz CT molecular complexity index is 780. The standard InChI is InChI=1S/C15H12Cl3NOS/c1-2-19-13(9-7-12(17)21-15(9)18)11-6-8-4-3-5-10(16)14(8)20-11/h3-7,13,19H,2H2,1H3. The van der Waals surface area contributed by atoms with Crippen molar-refractivity contribution in [2.24, 2.45) is 0 Å². The van der Waals surface area contributed by atoms with E-state index in [0.717, 1.165) is 23.3 Å². The van der Waals surface area contributed by atoms with Crippen LogP contribution in [0.4, 0.5) is 0 Å². The minimum Gasteiger partial charge on any atom is -0.457 e. The Morgan fingerprint density at radius 3 is 2.67 bits per heavy atom. The number of thiophene rings is 1. The van der Waals surface area contributed by atoms with E-state index >= 15 is 0 Å². The summed E-state index contributed by atoms with van der Waals surface area (Å²) in [6.07, 6.45) is 0. The molecule has 1 atom stereocenters. The fraction of sp³-hybridized carbons (Fsp3) is 0.200. The van der Waals surface area contributed by atoms with Crippen LogP contribution in [0, 0.1) is 0 Å². The van der Waals surface area contributed by atoms with Gasteiger partial charge in [0.1, 0.15) is 5.76 Å². The molecule has 0 bridgehead atoms. The highest BCUT2D eigenvalue weighted by Crippen LogP contribution is 2.39. The number of fused-ring (bicyclic) bond motifs is 1. The summed E-state index contributed by atoms with van der Waals surface area (Å²) in [6.45, 7) is 2.81. The van der Waals surface area contributed by atoms with Crippen LogP contribution < -0.4 is 5.32 Å². The normalized spacial score (nSPS) is 13.0. The Balaban J connectivity index is 2.11. The highest BCUT2D eigenvalue weighted by atomic mass is 35.5. The molecular weight excluding hydrogens is 349 g/mol. The third-order valence-electron chi connectivity index (χ3n) is 3.20. The third-order valence-corrected chi connectivity index (χ3v) is 5.02. The molecule has 0 aliphatic heterocycles. The summed E-state index contributed by atoms with van der Waals surface area (Å²) in [5.41, 5.74) is 1.61. The number of hydrogen-bond donors (Lipinski definition) is 1. The van der Waals surface area contributed by atoms with E-state index in [1.165, 1.54) is 11.3 Å². The number of nitrogens with one attached hydrogen (secondary N) is 1. The Morgan fingerprint density at radius 1 is 1.24 bits per heavy atom. The molecule has 21 heavy (non-hydrogen) atoms. The molecule has 0 spiro atoms. The minimum atomic E-state index is -0.144. The summed E-state index contributed by atoms with van der Waals surface area (Å²) in [5, 5.41) is 4.95. The van der Waals surface area contributed by atoms with E-state index in [2.05, 4.69) is 5.32 Å². The van der Waals surface area contributed by atoms with E-state index in [4.69, 9.17) is 39.2 Å². The summed E-state index contributed by atoms with van der Waals surface area (Å²) in [6, 6.07) is 9.40. The molecule has 0 fully saturated rings. The maximum absolute atomic E-state index is 6.28. The van der Waals surface area contributed by atoms with Crippen LogP contribution in [0.1, 0.15) is 24.3 Å². The van der Waals surface area contributed by atoms with Crippen LogP contribution in [-0.4, -0.2) is 6.54 Å². The summed E-state index contributed by atoms with van der Waals surface area (Å²) >= 11 is 19.9. The Labute approximate surface area is 141 Å². The lowest BCUT2D eigenvalue weighted by Crippen LogP contribution is -2.21. The summed E-state index contributed by atoms with van der Waals surface area (Å²) < 4.78 is 7.26. The van der Waals surface area contributed by atoms with E-state index < -0.39 is 0 Å². The van der Waals surface area contributed by atoms with Crippen molar-refractivity contribution in [3.8, 4) is 0 Å². The Kier molecular flexibility index (Phi) is 4.48. The van der Waals surface area contributed by atoms with E-state index in [1.807, 2.05) is 37.3 Å². The van der Waals surface area contributed by atoms with Crippen LogP contribution in [0.2, 0.25) is 13.7 Å². The SMILES string of the molecule is CCNC(c1cc2cccc(Cl)c2o1)c1cc(Cl)sc1Cl. The molecule has 6 heteroatoms. The fourth-order valence-corrected chi connectivity index (χ4v) is 4.06. The molecule has 1 N–H and O–H groups in total. The van der Waals surface area contributed by atoms with Crippen molar-refractivity contribution in [1.29, 1.82) is 0 Å². The first-order chi connectivity index (χ1) is 10.1. The predicted molar refractivity (Wildman–Crippen MR) is 91.1 cm³/mol. The van der Waals surface area contributed by atoms with Gasteiger partial charge in [-0.25, -0.2) is 0 Å². The number of para-hydroxylation sites is 1. The van der Waals surface area contributed by atoms with Crippen molar-refractivity contribution < 1.29 is 4.42 Å². The monoisotopic (exact) mass is 359 g/mol. The highest BCUT2D eigenvalue weighted by molar-refractivity contribution is 7.20. The van der Waals surface area contributed by atoms with Gasteiger partial charge in [-0.05, 0) is 24.7 Å². The van der Waals surface area contributed by atoms with Gasteiger partial charge in [-0.3, -0.25) is 0 Å². The second-order valence-electron chi connectivity index (χ2n) is 4.58. The van der Waals surface area contributed by atoms with Crippen LogP contribution in [0.25, 0.3) is 11.0 Å². The maximum Gasteiger partial charge on any atom is 0.152 e. The van der Waals surface area contributed by atoms with Gasteiger partial charge < -0.3 is 9.73 Å². The number of halogens is 3. The molecule has 3 rings (SSSR count). The lowest BCUT2D eigenvalue weighted by atomic mass is 10.1. The van der Waals surface area contributed by atoms with Crippen LogP contribution in [-0.2, 0) is 0 Å². The summed E-state index contributed by atoms with van der Waals surface area (Å²) in [7, 11) is 0. The molecule has 0 amide bonds. The smallest absolute Gasteiger partial charge is 0.152 e. The average Bonchev–Trinajstić information content (AvgIpc) is 3.00. The zero-order valence-corrected chi connectivity index (χ0v) is 14.2. The number of hydrogen-bond acceptors (Lipinski definition) is 3. The molecule has 2 nitrogen and oxygen atoms in total. The van der Waals surface area contributed by atoms with Crippen molar-refractivity contribution in [1.82, 2.24) is 5.32 Å². The molecule has 1 unspecified atom stereocenters. The highest BCUT2D eigenvalue weighted by Gasteiger charge is 2.22. The van der Waals surface area contributed by atoms with Crippen molar-refractivity contribution in [2.75, 3.05) is 6.54 Å². The van der Waals surface area contributed by atoms with Crippen LogP contribution in [0.3, 0.4) is 0 Å². The zero-order chi connectivity index (χ0) is 15.0. The van der Waals surface area contributed by atoms with Crippen molar-refractivity contribution in [2.45, 2.75) is 13.0 Å². The molecule has 0 radical (unpaired) electrons. The van der Waals surface area contributed by atoms with Gasteiger partial charge >= 0.3 is 0 Å². The Morgan fingerprint density at radius 2 is 2.05 bits per heavy atom. The van der Waals surface area contributed by atoms with Gasteiger partial charge in [-0.1, -0.05) is 53.9 Å². The van der Waals surface area contributed by atoms with Crippen LogP contribution in [0.15, 0.2) is 34.7 Å². The van der Waals surface area contributed by atoms with Gasteiger partial charge in [0, 0.05) is 10.9 Å². The van der Waals surface area contributed by atoms with Crippen LogP contribution in [0.5, 0.6) is 0 Å². The Hall–Kier alpha value is -0.710. The van der Waals surface area contributed by atoms with Gasteiger partial charge in [-0.2, -0.15) is 0 Å². The summed E-state index contributed by atoms with van der Waals surface area (Å²) in [5.74, 6) is 0.774. The predicted octanol–water partition coefficient (Wildman–Crippen LogP) is 6.15. The molecule has 2 aromatic heterocycles. The fourth-order valence-electron chi connectivity index (χ4n) is 2.31. The van der Waals surface area contributed by atoms with Gasteiger partial charge in [0.05, 0.1) is 19.7 Å². The molecule has 0 aliphatic rings. The molecule has 0 saturated carbocycles. The second kappa shape index (κ2) is 6.19. The maximum atomic E-state index is 6.28. The van der Waals surface area contributed by atoms with Crippen LogP contribution >= 0.6 is 46.1 Å². The molecule has 1 aromatic carbocycles. The molecule has 2 heterocycles. The second-order valence-corrected chi connectivity index (χ2v) is 7.27. The van der Waals surface area contributed by atoms with E-state index in [0.29, 0.717) is 19.3 Å². The van der Waals surface area contributed by atoms with E-state index in [-0.39, 0.29) is 6.04 Å². The van der Waals surface area contributed by atoms with Crippen molar-refractivity contribution in [3.63, 3.8) is 0 Å². The lowest BCUT2D eigenvalue weighted by molar-refractivity contribution is 0.478. The minimum absolute atomic E-state index is 0.144. The van der Waals surface area contributed by atoms with Gasteiger partial charge in [0.2, 0.25) is 0 Å². The van der Waals surface area contributed by atoms with Gasteiger partial charge in [0.15, 0.2) is 5.58 Å². The zero-order valence-electron chi connectivity index (χ0n) is 11.1. The first-order valence-electron chi connectivity index (χ1n) is 6.46. The molecule has 110 valence electrons. The number of benzene rings is 1. The number of furan rings is 1. The third kappa shape index (κ3) is 2.94. The lowest BCUT2D eigenvalue weighted by Gasteiger charge is -2.14. The molecule has 3 aromatic rings. The first-order valence-corrected chi connectivity index (χ1v) is 8.41. The van der Waals surface area contributed by atoms with Crippen molar-refractivity contribution >= 4 is 57.1 Å². The van der Waals surface area contributed by atoms with Crippen molar-refractivity contribution in [3.05, 3.63) is 55.4 Å². The molecular formula is C15H12Cl3NOS. The quantitative estimate of drug-likeness (QED) is 0.603. The topological polar surface area (TPSA) is 25.2 Å². The molecule has 0 saturated heterocycles. The van der Waals surface area contributed by atoms with E-state index in [9.17, 15) is 0 Å². The first kappa shape index (κ1) is 15.2. The average molecular weight is 361 g/mol. The van der Waals surface area contributed by atoms with E-state index in [1.54, 1.807) is 0 Å². The van der Waals surface area contributed by atoms with Gasteiger partial charge in [-0.15, -0.1) is 11.3 Å². The number of rotatable bonds is 4. The summed E-state index contributed by atoms with van der Waals surface area (Å²) in [4.78, 5) is 0. The molecule has 0 aliphatic carbocycles. The largest absolute Gasteiger partial charge is 0.457 e.